The Kier molecular flexibility index (Phi) is 5.84. The number of carbonyl (C=O) groups is 1. The zero-order valence-electron chi connectivity index (χ0n) is 17.3. The second kappa shape index (κ2) is 7.96. The fraction of sp³-hybridized carbons (Fsp3) is 0.286. The Labute approximate surface area is 176 Å². The van der Waals surface area contributed by atoms with E-state index in [2.05, 4.69) is 15.3 Å². The first-order valence-corrected chi connectivity index (χ1v) is 11.9. The molecule has 0 aliphatic heterocycles. The highest BCUT2D eigenvalue weighted by molar-refractivity contribution is 7.70. The molecule has 0 saturated heterocycles. The first-order valence-electron chi connectivity index (χ1n) is 9.33. The van der Waals surface area contributed by atoms with E-state index in [1.807, 2.05) is 0 Å². The fourth-order valence-corrected chi connectivity index (χ4v) is 4.08. The number of nitrogens with one attached hydrogen (secondary N) is 1. The monoisotopic (exact) mass is 451 g/mol. The molecular formula is C21H21F3N3O3P. The number of carboxylic acids is 1. The van der Waals surface area contributed by atoms with Crippen LogP contribution in [0.3, 0.4) is 0 Å². The van der Waals surface area contributed by atoms with Crippen LogP contribution in [-0.2, 0) is 15.3 Å². The molecular weight excluding hydrogens is 430 g/mol. The van der Waals surface area contributed by atoms with E-state index >= 15 is 0 Å². The summed E-state index contributed by atoms with van der Waals surface area (Å²) in [6.45, 7) is 6.46. The van der Waals surface area contributed by atoms with E-state index < -0.39 is 36.5 Å². The minimum absolute atomic E-state index is 0.143. The molecule has 0 spiro atoms. The number of aromatic nitrogens is 2. The second-order valence-electron chi connectivity index (χ2n) is 7.63. The van der Waals surface area contributed by atoms with E-state index in [0.717, 1.165) is 6.07 Å². The summed E-state index contributed by atoms with van der Waals surface area (Å²) in [7, 11) is -2.57. The SMILES string of the molecule is Cc1nc(N[C@H](C)c2cccc(C(F)(F)C(=O)O)c2F)c2cc(P(C)(C)=O)ccc2n1. The number of carboxylic acid groups (broad SMARTS) is 1. The predicted molar refractivity (Wildman–Crippen MR) is 113 cm³/mol. The average Bonchev–Trinajstić information content (AvgIpc) is 2.66. The molecule has 10 heteroatoms. The second-order valence-corrected chi connectivity index (χ2v) is 10.8. The smallest absolute Gasteiger partial charge is 0.379 e. The van der Waals surface area contributed by atoms with Crippen LogP contribution in [0, 0.1) is 12.7 Å². The van der Waals surface area contributed by atoms with Gasteiger partial charge in [0, 0.05) is 16.3 Å². The molecule has 0 aliphatic rings. The number of alkyl halides is 2. The summed E-state index contributed by atoms with van der Waals surface area (Å²) in [5, 5.41) is 12.9. The molecule has 0 saturated carbocycles. The van der Waals surface area contributed by atoms with Crippen molar-refractivity contribution in [2.75, 3.05) is 18.6 Å². The topological polar surface area (TPSA) is 92.2 Å². The number of hydrogen-bond acceptors (Lipinski definition) is 5. The summed E-state index contributed by atoms with van der Waals surface area (Å²) in [5.74, 6) is -7.36. The Hall–Kier alpha value is -2.93. The van der Waals surface area contributed by atoms with E-state index in [0.29, 0.717) is 27.8 Å². The fourth-order valence-electron chi connectivity index (χ4n) is 3.20. The number of rotatable bonds is 6. The van der Waals surface area contributed by atoms with Gasteiger partial charge in [-0.2, -0.15) is 8.78 Å². The van der Waals surface area contributed by atoms with Crippen molar-refractivity contribution in [3.63, 3.8) is 0 Å². The van der Waals surface area contributed by atoms with Crippen molar-refractivity contribution < 1.29 is 27.6 Å². The summed E-state index contributed by atoms with van der Waals surface area (Å²) in [5.41, 5.74) is -0.781. The van der Waals surface area contributed by atoms with Gasteiger partial charge < -0.3 is 15.0 Å². The van der Waals surface area contributed by atoms with Crippen LogP contribution in [-0.4, -0.2) is 34.4 Å². The highest BCUT2D eigenvalue weighted by Crippen LogP contribution is 2.37. The molecule has 0 amide bonds. The largest absolute Gasteiger partial charge is 0.477 e. The number of aryl methyl sites for hydroxylation is 1. The number of halogens is 3. The van der Waals surface area contributed by atoms with Gasteiger partial charge in [-0.15, -0.1) is 0 Å². The molecule has 3 rings (SSSR count). The molecule has 31 heavy (non-hydrogen) atoms. The molecule has 164 valence electrons. The third kappa shape index (κ3) is 4.42. The summed E-state index contributed by atoms with van der Waals surface area (Å²) in [6, 6.07) is 7.51. The summed E-state index contributed by atoms with van der Waals surface area (Å²) < 4.78 is 55.2. The zero-order valence-corrected chi connectivity index (χ0v) is 18.2. The Morgan fingerprint density at radius 3 is 2.48 bits per heavy atom. The number of fused-ring (bicyclic) bond motifs is 1. The lowest BCUT2D eigenvalue weighted by Gasteiger charge is -2.20. The Balaban J connectivity index is 2.07. The molecule has 0 aliphatic carbocycles. The molecule has 1 aromatic heterocycles. The quantitative estimate of drug-likeness (QED) is 0.529. The molecule has 3 aromatic rings. The number of benzene rings is 2. The number of anilines is 1. The van der Waals surface area contributed by atoms with Crippen molar-refractivity contribution in [3.8, 4) is 0 Å². The maximum absolute atomic E-state index is 14.8. The zero-order chi connectivity index (χ0) is 23.1. The van der Waals surface area contributed by atoms with E-state index in [9.17, 15) is 22.5 Å². The van der Waals surface area contributed by atoms with Gasteiger partial charge in [0.2, 0.25) is 0 Å². The van der Waals surface area contributed by atoms with Crippen molar-refractivity contribution in [1.29, 1.82) is 0 Å². The maximum Gasteiger partial charge on any atom is 0.379 e. The van der Waals surface area contributed by atoms with Gasteiger partial charge in [-0.25, -0.2) is 19.2 Å². The van der Waals surface area contributed by atoms with Crippen molar-refractivity contribution in [2.45, 2.75) is 25.8 Å². The predicted octanol–water partition coefficient (Wildman–Crippen LogP) is 4.67. The lowest BCUT2D eigenvalue weighted by Crippen LogP contribution is -2.27. The van der Waals surface area contributed by atoms with Crippen molar-refractivity contribution >= 4 is 35.1 Å². The van der Waals surface area contributed by atoms with Crippen LogP contribution >= 0.6 is 7.14 Å². The van der Waals surface area contributed by atoms with Crippen molar-refractivity contribution in [2.24, 2.45) is 0 Å². The number of hydrogen-bond donors (Lipinski definition) is 2. The van der Waals surface area contributed by atoms with Crippen LogP contribution < -0.4 is 10.6 Å². The molecule has 2 aromatic carbocycles. The standard InChI is InChI=1S/C21H21F3N3O3P/c1-11(14-6-5-7-16(18(14)22)21(23,24)20(28)29)25-19-15-10-13(31(3,4)30)8-9-17(15)26-12(2)27-19/h5-11H,1-4H3,(H,28,29)(H,25,26,27)/t11-/m1/s1. The molecule has 0 radical (unpaired) electrons. The molecule has 0 unspecified atom stereocenters. The van der Waals surface area contributed by atoms with Gasteiger partial charge in [-0.3, -0.25) is 0 Å². The average molecular weight is 451 g/mol. The Morgan fingerprint density at radius 1 is 1.19 bits per heavy atom. The number of aliphatic carboxylic acids is 1. The summed E-state index contributed by atoms with van der Waals surface area (Å²) in [4.78, 5) is 19.6. The molecule has 0 fully saturated rings. The van der Waals surface area contributed by atoms with Gasteiger partial charge in [0.25, 0.3) is 0 Å². The molecule has 2 N–H and O–H groups in total. The third-order valence-electron chi connectivity index (χ3n) is 4.87. The molecule has 1 atom stereocenters. The minimum atomic E-state index is -4.36. The highest BCUT2D eigenvalue weighted by Gasteiger charge is 2.44. The normalized spacial score (nSPS) is 13.3. The Bertz CT molecular complexity index is 1230. The van der Waals surface area contributed by atoms with Crippen LogP contribution in [0.25, 0.3) is 10.9 Å². The van der Waals surface area contributed by atoms with Crippen LogP contribution in [0.2, 0.25) is 0 Å². The molecule has 6 nitrogen and oxygen atoms in total. The lowest BCUT2D eigenvalue weighted by atomic mass is 10.00. The van der Waals surface area contributed by atoms with Gasteiger partial charge in [-0.05, 0) is 51.4 Å². The maximum atomic E-state index is 14.8. The van der Waals surface area contributed by atoms with Crippen LogP contribution in [0.1, 0.15) is 29.9 Å². The van der Waals surface area contributed by atoms with Crippen LogP contribution in [0.5, 0.6) is 0 Å². The first kappa shape index (κ1) is 22.7. The summed E-state index contributed by atoms with van der Waals surface area (Å²) in [6.07, 6.45) is 0. The van der Waals surface area contributed by atoms with Gasteiger partial charge in [-0.1, -0.05) is 12.1 Å². The lowest BCUT2D eigenvalue weighted by molar-refractivity contribution is -0.166. The third-order valence-corrected chi connectivity index (χ3v) is 6.39. The summed E-state index contributed by atoms with van der Waals surface area (Å²) >= 11 is 0. The van der Waals surface area contributed by atoms with Gasteiger partial charge in [0.05, 0.1) is 17.1 Å². The van der Waals surface area contributed by atoms with Crippen molar-refractivity contribution in [3.05, 3.63) is 59.2 Å². The number of nitrogens with zero attached hydrogens (tertiary/aromatic N) is 2. The van der Waals surface area contributed by atoms with Crippen LogP contribution in [0.15, 0.2) is 36.4 Å². The van der Waals surface area contributed by atoms with E-state index in [4.69, 9.17) is 5.11 Å². The Morgan fingerprint density at radius 2 is 1.87 bits per heavy atom. The van der Waals surface area contributed by atoms with Crippen LogP contribution in [0.4, 0.5) is 19.0 Å². The molecule has 1 heterocycles. The van der Waals surface area contributed by atoms with E-state index in [-0.39, 0.29) is 5.56 Å². The van der Waals surface area contributed by atoms with E-state index in [1.165, 1.54) is 12.1 Å². The minimum Gasteiger partial charge on any atom is -0.477 e. The highest BCUT2D eigenvalue weighted by atomic mass is 31.2. The van der Waals surface area contributed by atoms with Crippen molar-refractivity contribution in [1.82, 2.24) is 9.97 Å². The van der Waals surface area contributed by atoms with E-state index in [1.54, 1.807) is 45.4 Å². The van der Waals surface area contributed by atoms with Gasteiger partial charge in [0.15, 0.2) is 0 Å². The first-order chi connectivity index (χ1) is 14.3. The van der Waals surface area contributed by atoms with Gasteiger partial charge >= 0.3 is 11.9 Å². The molecule has 0 bridgehead atoms. The van der Waals surface area contributed by atoms with Gasteiger partial charge in [0.1, 0.15) is 24.6 Å².